The second kappa shape index (κ2) is 5.64. The summed E-state index contributed by atoms with van der Waals surface area (Å²) in [6.45, 7) is 0.593. The number of hydrogen-bond acceptors (Lipinski definition) is 3. The van der Waals surface area contributed by atoms with Crippen molar-refractivity contribution in [2.45, 2.75) is 6.54 Å². The standard InChI is InChI=1S/C13H11BrN2O2/c14-11-4-9(6-15-8-11)7-16-12-3-1-2-10(5-12)13(17)18/h1-6,8,16H,7H2,(H,17,18). The van der Waals surface area contributed by atoms with Crippen LogP contribution in [0.4, 0.5) is 5.69 Å². The van der Waals surface area contributed by atoms with Gasteiger partial charge in [-0.25, -0.2) is 4.79 Å². The van der Waals surface area contributed by atoms with Crippen LogP contribution in [0.5, 0.6) is 0 Å². The van der Waals surface area contributed by atoms with Crippen LogP contribution in [0.3, 0.4) is 0 Å². The maximum Gasteiger partial charge on any atom is 0.335 e. The van der Waals surface area contributed by atoms with Gasteiger partial charge in [0, 0.05) is 29.1 Å². The van der Waals surface area contributed by atoms with E-state index in [1.165, 1.54) is 0 Å². The zero-order valence-electron chi connectivity index (χ0n) is 9.43. The highest BCUT2D eigenvalue weighted by Gasteiger charge is 2.03. The number of hydrogen-bond donors (Lipinski definition) is 2. The summed E-state index contributed by atoms with van der Waals surface area (Å²) in [6, 6.07) is 8.67. The van der Waals surface area contributed by atoms with Crippen molar-refractivity contribution in [3.63, 3.8) is 0 Å². The summed E-state index contributed by atoms with van der Waals surface area (Å²) in [6.07, 6.45) is 3.48. The number of aromatic carboxylic acids is 1. The smallest absolute Gasteiger partial charge is 0.335 e. The third-order valence-corrected chi connectivity index (χ3v) is 2.80. The molecule has 1 heterocycles. The third kappa shape index (κ3) is 3.30. The first kappa shape index (κ1) is 12.6. The van der Waals surface area contributed by atoms with Gasteiger partial charge in [-0.05, 0) is 45.8 Å². The molecule has 0 spiro atoms. The Bertz CT molecular complexity index is 572. The van der Waals surface area contributed by atoms with E-state index in [9.17, 15) is 4.79 Å². The molecule has 0 saturated heterocycles. The first-order valence-corrected chi connectivity index (χ1v) is 6.11. The highest BCUT2D eigenvalue weighted by atomic mass is 79.9. The van der Waals surface area contributed by atoms with Crippen LogP contribution >= 0.6 is 15.9 Å². The van der Waals surface area contributed by atoms with E-state index in [4.69, 9.17) is 5.11 Å². The predicted molar refractivity (Wildman–Crippen MR) is 72.7 cm³/mol. The van der Waals surface area contributed by atoms with Gasteiger partial charge in [-0.15, -0.1) is 0 Å². The van der Waals surface area contributed by atoms with Crippen molar-refractivity contribution in [1.29, 1.82) is 0 Å². The Labute approximate surface area is 113 Å². The van der Waals surface area contributed by atoms with E-state index in [0.29, 0.717) is 6.54 Å². The van der Waals surface area contributed by atoms with Gasteiger partial charge in [-0.1, -0.05) is 6.07 Å². The molecule has 2 aromatic rings. The van der Waals surface area contributed by atoms with Crippen molar-refractivity contribution in [2.24, 2.45) is 0 Å². The summed E-state index contributed by atoms with van der Waals surface area (Å²) >= 11 is 3.35. The molecule has 0 radical (unpaired) electrons. The van der Waals surface area contributed by atoms with Crippen molar-refractivity contribution < 1.29 is 9.90 Å². The summed E-state index contributed by atoms with van der Waals surface area (Å²) in [5, 5.41) is 12.0. The molecule has 0 aliphatic carbocycles. The maximum atomic E-state index is 10.8. The molecule has 0 atom stereocenters. The number of nitrogens with one attached hydrogen (secondary N) is 1. The Morgan fingerprint density at radius 3 is 2.89 bits per heavy atom. The highest BCUT2D eigenvalue weighted by molar-refractivity contribution is 9.10. The van der Waals surface area contributed by atoms with Gasteiger partial charge in [0.2, 0.25) is 0 Å². The molecule has 0 aliphatic rings. The molecule has 0 saturated carbocycles. The minimum atomic E-state index is -0.928. The van der Waals surface area contributed by atoms with Crippen molar-refractivity contribution in [2.75, 3.05) is 5.32 Å². The number of carboxylic acid groups (broad SMARTS) is 1. The van der Waals surface area contributed by atoms with Crippen molar-refractivity contribution in [3.8, 4) is 0 Å². The zero-order chi connectivity index (χ0) is 13.0. The van der Waals surface area contributed by atoms with Crippen LogP contribution in [-0.2, 0) is 6.54 Å². The lowest BCUT2D eigenvalue weighted by atomic mass is 10.2. The number of carboxylic acids is 1. The predicted octanol–water partition coefficient (Wildman–Crippen LogP) is 3.15. The Hall–Kier alpha value is -1.88. The van der Waals surface area contributed by atoms with Gasteiger partial charge >= 0.3 is 5.97 Å². The average molecular weight is 307 g/mol. The third-order valence-electron chi connectivity index (χ3n) is 2.37. The molecule has 0 fully saturated rings. The SMILES string of the molecule is O=C(O)c1cccc(NCc2cncc(Br)c2)c1. The van der Waals surface area contributed by atoms with Crippen LogP contribution in [-0.4, -0.2) is 16.1 Å². The molecule has 0 unspecified atom stereocenters. The number of aromatic nitrogens is 1. The van der Waals surface area contributed by atoms with E-state index in [-0.39, 0.29) is 5.56 Å². The molecular formula is C13H11BrN2O2. The van der Waals surface area contributed by atoms with E-state index in [1.807, 2.05) is 12.1 Å². The Morgan fingerprint density at radius 1 is 1.33 bits per heavy atom. The monoisotopic (exact) mass is 306 g/mol. The Kier molecular flexibility index (Phi) is 3.94. The van der Waals surface area contributed by atoms with E-state index in [1.54, 1.807) is 30.6 Å². The number of carbonyl (C=O) groups is 1. The van der Waals surface area contributed by atoms with Crippen LogP contribution < -0.4 is 5.32 Å². The van der Waals surface area contributed by atoms with Gasteiger partial charge in [-0.2, -0.15) is 0 Å². The van der Waals surface area contributed by atoms with Gasteiger partial charge in [0.25, 0.3) is 0 Å². The summed E-state index contributed by atoms with van der Waals surface area (Å²) < 4.78 is 0.918. The normalized spacial score (nSPS) is 10.1. The number of rotatable bonds is 4. The first-order valence-electron chi connectivity index (χ1n) is 5.32. The van der Waals surface area contributed by atoms with Crippen molar-refractivity contribution >= 4 is 27.6 Å². The molecule has 0 aliphatic heterocycles. The summed E-state index contributed by atoms with van der Waals surface area (Å²) in [4.78, 5) is 14.9. The second-order valence-corrected chi connectivity index (χ2v) is 4.67. The van der Waals surface area contributed by atoms with Gasteiger partial charge in [-0.3, -0.25) is 4.98 Å². The lowest BCUT2D eigenvalue weighted by Crippen LogP contribution is -2.02. The van der Waals surface area contributed by atoms with Crippen LogP contribution in [0.2, 0.25) is 0 Å². The molecule has 18 heavy (non-hydrogen) atoms. The second-order valence-electron chi connectivity index (χ2n) is 3.75. The summed E-state index contributed by atoms with van der Waals surface area (Å²) in [7, 11) is 0. The quantitative estimate of drug-likeness (QED) is 0.911. The highest BCUT2D eigenvalue weighted by Crippen LogP contribution is 2.14. The molecule has 2 rings (SSSR count). The van der Waals surface area contributed by atoms with Crippen LogP contribution in [0, 0.1) is 0 Å². The number of benzene rings is 1. The molecule has 5 heteroatoms. The fourth-order valence-electron chi connectivity index (χ4n) is 1.52. The number of nitrogens with zero attached hydrogens (tertiary/aromatic N) is 1. The van der Waals surface area contributed by atoms with E-state index >= 15 is 0 Å². The zero-order valence-corrected chi connectivity index (χ0v) is 11.0. The molecule has 0 amide bonds. The van der Waals surface area contributed by atoms with E-state index < -0.39 is 5.97 Å². The first-order chi connectivity index (χ1) is 8.65. The minimum absolute atomic E-state index is 0.271. The molecule has 2 N–H and O–H groups in total. The summed E-state index contributed by atoms with van der Waals surface area (Å²) in [5.74, 6) is -0.928. The van der Waals surface area contributed by atoms with Crippen LogP contribution in [0.15, 0.2) is 47.2 Å². The summed E-state index contributed by atoms with van der Waals surface area (Å²) in [5.41, 5.74) is 2.06. The topological polar surface area (TPSA) is 62.2 Å². The lowest BCUT2D eigenvalue weighted by Gasteiger charge is -2.07. The fraction of sp³-hybridized carbons (Fsp3) is 0.0769. The van der Waals surface area contributed by atoms with Crippen LogP contribution in [0.1, 0.15) is 15.9 Å². The molecule has 0 bridgehead atoms. The Balaban J connectivity index is 2.06. The number of halogens is 1. The lowest BCUT2D eigenvalue weighted by molar-refractivity contribution is 0.0697. The largest absolute Gasteiger partial charge is 0.478 e. The molecule has 1 aromatic carbocycles. The van der Waals surface area contributed by atoms with E-state index in [2.05, 4.69) is 26.2 Å². The number of anilines is 1. The number of pyridine rings is 1. The minimum Gasteiger partial charge on any atom is -0.478 e. The van der Waals surface area contributed by atoms with E-state index in [0.717, 1.165) is 15.7 Å². The molecule has 1 aromatic heterocycles. The van der Waals surface area contributed by atoms with Gasteiger partial charge in [0.15, 0.2) is 0 Å². The fourth-order valence-corrected chi connectivity index (χ4v) is 1.93. The van der Waals surface area contributed by atoms with Crippen molar-refractivity contribution in [1.82, 2.24) is 4.98 Å². The Morgan fingerprint density at radius 2 is 2.17 bits per heavy atom. The van der Waals surface area contributed by atoms with Gasteiger partial charge in [0.1, 0.15) is 0 Å². The van der Waals surface area contributed by atoms with Gasteiger partial charge < -0.3 is 10.4 Å². The van der Waals surface area contributed by atoms with Crippen LogP contribution in [0.25, 0.3) is 0 Å². The molecule has 4 nitrogen and oxygen atoms in total. The van der Waals surface area contributed by atoms with Crippen molar-refractivity contribution in [3.05, 3.63) is 58.3 Å². The average Bonchev–Trinajstić information content (AvgIpc) is 2.37. The molecule has 92 valence electrons. The van der Waals surface area contributed by atoms with Gasteiger partial charge in [0.05, 0.1) is 5.56 Å². The maximum absolute atomic E-state index is 10.8. The molecular weight excluding hydrogens is 296 g/mol.